The van der Waals surface area contributed by atoms with Gasteiger partial charge < -0.3 is 9.47 Å². The van der Waals surface area contributed by atoms with Gasteiger partial charge in [-0.3, -0.25) is 4.68 Å². The second kappa shape index (κ2) is 8.13. The summed E-state index contributed by atoms with van der Waals surface area (Å²) in [5, 5.41) is 5.42. The molecule has 2 heterocycles. The average molecular weight is 378 g/mol. The summed E-state index contributed by atoms with van der Waals surface area (Å²) in [6.07, 6.45) is 3.50. The summed E-state index contributed by atoms with van der Waals surface area (Å²) < 4.78 is 12.6. The number of thiazole rings is 1. The summed E-state index contributed by atoms with van der Waals surface area (Å²) in [6, 6.07) is 8.90. The van der Waals surface area contributed by atoms with Crippen molar-refractivity contribution in [2.75, 3.05) is 6.61 Å². The average Bonchev–Trinajstić information content (AvgIpc) is 3.24. The van der Waals surface area contributed by atoms with Crippen molar-refractivity contribution in [1.29, 1.82) is 0 Å². The van der Waals surface area contributed by atoms with E-state index in [1.165, 1.54) is 11.3 Å². The number of aromatic nitrogens is 3. The van der Waals surface area contributed by atoms with Crippen molar-refractivity contribution >= 4 is 28.9 Å². The molecule has 0 amide bonds. The number of hydrogen-bond donors (Lipinski definition) is 0. The summed E-state index contributed by atoms with van der Waals surface area (Å²) >= 11 is 7.12. The number of esters is 1. The van der Waals surface area contributed by atoms with Crippen LogP contribution in [0.5, 0.6) is 5.75 Å². The highest BCUT2D eigenvalue weighted by Gasteiger charge is 2.17. The standard InChI is InChI=1S/C17H16ClN3O3S/c1-12-16(17(22)23-10-9-21-8-2-7-19-21)25-15(20-12)11-24-14-5-3-13(18)4-6-14/h2-8H,9-11H2,1H3. The third kappa shape index (κ3) is 4.80. The van der Waals surface area contributed by atoms with Gasteiger partial charge in [-0.2, -0.15) is 5.10 Å². The highest BCUT2D eigenvalue weighted by molar-refractivity contribution is 7.13. The van der Waals surface area contributed by atoms with Gasteiger partial charge in [-0.25, -0.2) is 9.78 Å². The first-order valence-electron chi connectivity index (χ1n) is 7.61. The fraction of sp³-hybridized carbons (Fsp3) is 0.235. The zero-order chi connectivity index (χ0) is 17.6. The maximum absolute atomic E-state index is 12.2. The van der Waals surface area contributed by atoms with Crippen LogP contribution in [0.15, 0.2) is 42.7 Å². The fourth-order valence-electron chi connectivity index (χ4n) is 2.11. The van der Waals surface area contributed by atoms with Gasteiger partial charge in [-0.05, 0) is 37.3 Å². The van der Waals surface area contributed by atoms with Crippen LogP contribution in [-0.2, 0) is 17.9 Å². The van der Waals surface area contributed by atoms with Gasteiger partial charge >= 0.3 is 5.97 Å². The van der Waals surface area contributed by atoms with E-state index < -0.39 is 0 Å². The zero-order valence-corrected chi connectivity index (χ0v) is 15.1. The maximum atomic E-state index is 12.2. The van der Waals surface area contributed by atoms with E-state index in [9.17, 15) is 4.79 Å². The van der Waals surface area contributed by atoms with Crippen molar-refractivity contribution in [2.24, 2.45) is 0 Å². The molecule has 25 heavy (non-hydrogen) atoms. The highest BCUT2D eigenvalue weighted by atomic mass is 35.5. The lowest BCUT2D eigenvalue weighted by molar-refractivity contribution is 0.0492. The molecule has 0 unspecified atom stereocenters. The van der Waals surface area contributed by atoms with Crippen LogP contribution >= 0.6 is 22.9 Å². The van der Waals surface area contributed by atoms with Crippen LogP contribution < -0.4 is 4.74 Å². The molecular formula is C17H16ClN3O3S. The van der Waals surface area contributed by atoms with E-state index in [0.29, 0.717) is 32.9 Å². The van der Waals surface area contributed by atoms with E-state index in [-0.39, 0.29) is 19.2 Å². The van der Waals surface area contributed by atoms with Crippen LogP contribution in [-0.4, -0.2) is 27.3 Å². The van der Waals surface area contributed by atoms with Crippen LogP contribution in [0.25, 0.3) is 0 Å². The van der Waals surface area contributed by atoms with E-state index >= 15 is 0 Å². The van der Waals surface area contributed by atoms with Crippen molar-refractivity contribution in [3.63, 3.8) is 0 Å². The number of benzene rings is 1. The van der Waals surface area contributed by atoms with Gasteiger partial charge in [0.2, 0.25) is 0 Å². The molecule has 0 spiro atoms. The maximum Gasteiger partial charge on any atom is 0.350 e. The van der Waals surface area contributed by atoms with E-state index in [1.807, 2.05) is 12.3 Å². The second-order valence-electron chi connectivity index (χ2n) is 5.17. The summed E-state index contributed by atoms with van der Waals surface area (Å²) in [7, 11) is 0. The largest absolute Gasteiger partial charge is 0.486 e. The SMILES string of the molecule is Cc1nc(COc2ccc(Cl)cc2)sc1C(=O)OCCn1cccn1. The van der Waals surface area contributed by atoms with Gasteiger partial charge in [0.15, 0.2) is 0 Å². The molecule has 0 aliphatic carbocycles. The molecule has 1 aromatic carbocycles. The Bertz CT molecular complexity index is 831. The number of rotatable bonds is 7. The minimum absolute atomic E-state index is 0.258. The first kappa shape index (κ1) is 17.4. The fourth-order valence-corrected chi connectivity index (χ4v) is 3.11. The lowest BCUT2D eigenvalue weighted by atomic mass is 10.3. The number of hydrogen-bond acceptors (Lipinski definition) is 6. The Morgan fingerprint density at radius 2 is 2.12 bits per heavy atom. The molecule has 0 radical (unpaired) electrons. The number of carbonyl (C=O) groups excluding carboxylic acids is 1. The van der Waals surface area contributed by atoms with Crippen molar-refractivity contribution < 1.29 is 14.3 Å². The normalized spacial score (nSPS) is 10.6. The first-order valence-corrected chi connectivity index (χ1v) is 8.80. The van der Waals surface area contributed by atoms with Gasteiger partial charge in [0, 0.05) is 17.4 Å². The Balaban J connectivity index is 1.53. The molecular weight excluding hydrogens is 362 g/mol. The minimum atomic E-state index is -0.375. The second-order valence-corrected chi connectivity index (χ2v) is 6.69. The van der Waals surface area contributed by atoms with Crippen molar-refractivity contribution in [1.82, 2.24) is 14.8 Å². The Labute approximate surface area is 154 Å². The molecule has 130 valence electrons. The predicted octanol–water partition coefficient (Wildman–Crippen LogP) is 3.74. The molecule has 0 N–H and O–H groups in total. The molecule has 8 heteroatoms. The molecule has 0 atom stereocenters. The molecule has 0 fully saturated rings. The van der Waals surface area contributed by atoms with Gasteiger partial charge in [-0.1, -0.05) is 11.6 Å². The molecule has 2 aromatic heterocycles. The van der Waals surface area contributed by atoms with E-state index in [0.717, 1.165) is 0 Å². The number of aryl methyl sites for hydroxylation is 1. The molecule has 0 aliphatic rings. The quantitative estimate of drug-likeness (QED) is 0.587. The van der Waals surface area contributed by atoms with Crippen LogP contribution in [0.3, 0.4) is 0 Å². The molecule has 3 rings (SSSR count). The molecule has 6 nitrogen and oxygen atoms in total. The molecule has 0 bridgehead atoms. The third-order valence-electron chi connectivity index (χ3n) is 3.31. The van der Waals surface area contributed by atoms with Crippen molar-refractivity contribution in [3.05, 3.63) is 63.3 Å². The number of ether oxygens (including phenoxy) is 2. The summed E-state index contributed by atoms with van der Waals surface area (Å²) in [6.45, 7) is 2.84. The smallest absolute Gasteiger partial charge is 0.350 e. The third-order valence-corrected chi connectivity index (χ3v) is 4.68. The molecule has 0 saturated carbocycles. The highest BCUT2D eigenvalue weighted by Crippen LogP contribution is 2.22. The predicted molar refractivity (Wildman–Crippen MR) is 95.1 cm³/mol. The van der Waals surface area contributed by atoms with Crippen LogP contribution in [0.4, 0.5) is 0 Å². The number of carbonyl (C=O) groups is 1. The monoisotopic (exact) mass is 377 g/mol. The Morgan fingerprint density at radius 3 is 2.84 bits per heavy atom. The van der Waals surface area contributed by atoms with Crippen LogP contribution in [0, 0.1) is 6.92 Å². The zero-order valence-electron chi connectivity index (χ0n) is 13.5. The molecule has 0 aliphatic heterocycles. The van der Waals surface area contributed by atoms with E-state index in [2.05, 4.69) is 10.1 Å². The van der Waals surface area contributed by atoms with Crippen LogP contribution in [0.1, 0.15) is 20.4 Å². The number of halogens is 1. The van der Waals surface area contributed by atoms with Crippen molar-refractivity contribution in [2.45, 2.75) is 20.1 Å². The minimum Gasteiger partial charge on any atom is -0.486 e. The van der Waals surface area contributed by atoms with Gasteiger partial charge in [0.1, 0.15) is 28.8 Å². The Kier molecular flexibility index (Phi) is 5.67. The Hall–Kier alpha value is -2.38. The summed E-state index contributed by atoms with van der Waals surface area (Å²) in [5.74, 6) is 0.320. The van der Waals surface area contributed by atoms with Crippen LogP contribution in [0.2, 0.25) is 5.02 Å². The topological polar surface area (TPSA) is 66.2 Å². The lowest BCUT2D eigenvalue weighted by Crippen LogP contribution is -2.11. The summed E-state index contributed by atoms with van der Waals surface area (Å²) in [5.41, 5.74) is 0.642. The summed E-state index contributed by atoms with van der Waals surface area (Å²) in [4.78, 5) is 17.0. The lowest BCUT2D eigenvalue weighted by Gasteiger charge is -2.04. The Morgan fingerprint density at radius 1 is 1.32 bits per heavy atom. The van der Waals surface area contributed by atoms with E-state index in [4.69, 9.17) is 21.1 Å². The van der Waals surface area contributed by atoms with Gasteiger partial charge in [0.05, 0.1) is 12.2 Å². The van der Waals surface area contributed by atoms with E-state index in [1.54, 1.807) is 42.1 Å². The van der Waals surface area contributed by atoms with Gasteiger partial charge in [-0.15, -0.1) is 11.3 Å². The molecule has 3 aromatic rings. The van der Waals surface area contributed by atoms with Gasteiger partial charge in [0.25, 0.3) is 0 Å². The first-order chi connectivity index (χ1) is 12.1. The van der Waals surface area contributed by atoms with Crippen molar-refractivity contribution in [3.8, 4) is 5.75 Å². The molecule has 0 saturated heterocycles. The number of nitrogens with zero attached hydrogens (tertiary/aromatic N) is 3.